The molecular formula is C17H34N2O2. The maximum atomic E-state index is 11.6. The first-order valence-electron chi connectivity index (χ1n) is 8.82. The first-order valence-corrected chi connectivity index (χ1v) is 8.82. The maximum absolute atomic E-state index is 11.6. The molecule has 1 rings (SSSR count). The summed E-state index contributed by atoms with van der Waals surface area (Å²) in [6, 6.07) is 0.726. The summed E-state index contributed by atoms with van der Waals surface area (Å²) < 4.78 is 0. The molecule has 1 atom stereocenters. The molecule has 4 heteroatoms. The third-order valence-corrected chi connectivity index (χ3v) is 5.07. The molecule has 1 aliphatic carbocycles. The van der Waals surface area contributed by atoms with Crippen LogP contribution in [0.2, 0.25) is 0 Å². The zero-order valence-electron chi connectivity index (χ0n) is 14.2. The molecule has 0 aliphatic heterocycles. The fourth-order valence-corrected chi connectivity index (χ4v) is 3.69. The quantitative estimate of drug-likeness (QED) is 0.650. The zero-order valence-corrected chi connectivity index (χ0v) is 14.2. The van der Waals surface area contributed by atoms with E-state index in [4.69, 9.17) is 0 Å². The van der Waals surface area contributed by atoms with Crippen molar-refractivity contribution in [2.45, 2.75) is 83.7 Å². The second kappa shape index (κ2) is 9.42. The third-order valence-electron chi connectivity index (χ3n) is 5.07. The highest BCUT2D eigenvalue weighted by atomic mass is 16.4. The van der Waals surface area contributed by atoms with Crippen molar-refractivity contribution >= 4 is 5.97 Å². The molecule has 124 valence electrons. The molecule has 1 unspecified atom stereocenters. The average Bonchev–Trinajstić information content (AvgIpc) is 2.51. The number of hydrogen-bond acceptors (Lipinski definition) is 3. The van der Waals surface area contributed by atoms with Crippen LogP contribution in [0.5, 0.6) is 0 Å². The Bertz CT molecular complexity index is 303. The normalized spacial score (nSPS) is 19.6. The Labute approximate surface area is 130 Å². The molecular weight excluding hydrogens is 264 g/mol. The molecule has 0 amide bonds. The summed E-state index contributed by atoms with van der Waals surface area (Å²) in [4.78, 5) is 14.2. The van der Waals surface area contributed by atoms with Crippen LogP contribution in [-0.2, 0) is 4.79 Å². The summed E-state index contributed by atoms with van der Waals surface area (Å²) in [5.41, 5.74) is -0.735. The number of aliphatic carboxylic acids is 1. The summed E-state index contributed by atoms with van der Waals surface area (Å²) in [5.74, 6) is -0.701. The smallest absolute Gasteiger partial charge is 0.323 e. The predicted molar refractivity (Wildman–Crippen MR) is 87.7 cm³/mol. The molecule has 4 nitrogen and oxygen atoms in total. The van der Waals surface area contributed by atoms with Crippen molar-refractivity contribution in [2.24, 2.45) is 0 Å². The van der Waals surface area contributed by atoms with Gasteiger partial charge in [0.2, 0.25) is 0 Å². The van der Waals surface area contributed by atoms with Crippen LogP contribution in [0.25, 0.3) is 0 Å². The van der Waals surface area contributed by atoms with E-state index in [9.17, 15) is 9.90 Å². The van der Waals surface area contributed by atoms with E-state index in [-0.39, 0.29) is 0 Å². The van der Waals surface area contributed by atoms with Crippen LogP contribution in [0.15, 0.2) is 0 Å². The molecule has 0 saturated heterocycles. The van der Waals surface area contributed by atoms with E-state index in [2.05, 4.69) is 17.1 Å². The van der Waals surface area contributed by atoms with Gasteiger partial charge in [-0.05, 0) is 51.7 Å². The number of hydrogen-bond donors (Lipinski definition) is 2. The van der Waals surface area contributed by atoms with Crippen molar-refractivity contribution in [2.75, 3.05) is 19.6 Å². The fraction of sp³-hybridized carbons (Fsp3) is 0.941. The lowest BCUT2D eigenvalue weighted by Gasteiger charge is -2.35. The van der Waals surface area contributed by atoms with Gasteiger partial charge in [-0.15, -0.1) is 0 Å². The van der Waals surface area contributed by atoms with Gasteiger partial charge in [0.15, 0.2) is 0 Å². The number of likely N-dealkylation sites (N-methyl/N-ethyl adjacent to an activating group) is 1. The predicted octanol–water partition coefficient (Wildman–Crippen LogP) is 3.26. The second-order valence-electron chi connectivity index (χ2n) is 6.30. The zero-order chi connectivity index (χ0) is 15.7. The lowest BCUT2D eigenvalue weighted by molar-refractivity contribution is -0.145. The minimum Gasteiger partial charge on any atom is -0.480 e. The highest BCUT2D eigenvalue weighted by molar-refractivity contribution is 5.78. The molecule has 0 radical (unpaired) electrons. The van der Waals surface area contributed by atoms with Crippen molar-refractivity contribution in [1.82, 2.24) is 10.2 Å². The van der Waals surface area contributed by atoms with E-state index in [0.717, 1.165) is 32.0 Å². The van der Waals surface area contributed by atoms with Crippen LogP contribution in [0.4, 0.5) is 0 Å². The van der Waals surface area contributed by atoms with Gasteiger partial charge in [0.1, 0.15) is 5.54 Å². The molecule has 0 aromatic rings. The highest BCUT2D eigenvalue weighted by Crippen LogP contribution is 2.24. The van der Waals surface area contributed by atoms with Crippen molar-refractivity contribution in [3.8, 4) is 0 Å². The van der Waals surface area contributed by atoms with Gasteiger partial charge in [0, 0.05) is 6.04 Å². The van der Waals surface area contributed by atoms with Gasteiger partial charge in [-0.2, -0.15) is 0 Å². The van der Waals surface area contributed by atoms with E-state index >= 15 is 0 Å². The first kappa shape index (κ1) is 18.4. The van der Waals surface area contributed by atoms with Gasteiger partial charge in [-0.1, -0.05) is 40.0 Å². The van der Waals surface area contributed by atoms with Gasteiger partial charge in [-0.3, -0.25) is 4.79 Å². The Hall–Kier alpha value is -0.610. The second-order valence-corrected chi connectivity index (χ2v) is 6.30. The summed E-state index contributed by atoms with van der Waals surface area (Å²) >= 11 is 0. The molecule has 0 aromatic heterocycles. The molecule has 1 saturated carbocycles. The van der Waals surface area contributed by atoms with Crippen LogP contribution in [0.1, 0.15) is 72.1 Å². The maximum Gasteiger partial charge on any atom is 0.323 e. The number of carboxylic acids is 1. The molecule has 1 aliphatic rings. The SMILES string of the molecule is CCNC(CC)(CCCN(CC)C1CCCCC1)C(=O)O. The van der Waals surface area contributed by atoms with E-state index in [1.54, 1.807) is 0 Å². The van der Waals surface area contributed by atoms with Crippen molar-refractivity contribution in [1.29, 1.82) is 0 Å². The fourth-order valence-electron chi connectivity index (χ4n) is 3.69. The molecule has 0 spiro atoms. The Kier molecular flexibility index (Phi) is 8.27. The van der Waals surface area contributed by atoms with Crippen LogP contribution < -0.4 is 5.32 Å². The molecule has 1 fully saturated rings. The average molecular weight is 298 g/mol. The summed E-state index contributed by atoms with van der Waals surface area (Å²) in [7, 11) is 0. The monoisotopic (exact) mass is 298 g/mol. The van der Waals surface area contributed by atoms with E-state index < -0.39 is 11.5 Å². The van der Waals surface area contributed by atoms with Crippen molar-refractivity contribution in [3.05, 3.63) is 0 Å². The van der Waals surface area contributed by atoms with E-state index in [1.165, 1.54) is 32.1 Å². The largest absolute Gasteiger partial charge is 0.480 e. The van der Waals surface area contributed by atoms with Crippen LogP contribution in [0.3, 0.4) is 0 Å². The highest BCUT2D eigenvalue weighted by Gasteiger charge is 2.35. The molecule has 0 bridgehead atoms. The number of nitrogens with one attached hydrogen (secondary N) is 1. The van der Waals surface area contributed by atoms with E-state index in [0.29, 0.717) is 13.0 Å². The van der Waals surface area contributed by atoms with E-state index in [1.807, 2.05) is 13.8 Å². The van der Waals surface area contributed by atoms with Gasteiger partial charge in [-0.25, -0.2) is 0 Å². The van der Waals surface area contributed by atoms with Crippen LogP contribution in [0, 0.1) is 0 Å². The first-order chi connectivity index (χ1) is 10.1. The Morgan fingerprint density at radius 1 is 1.24 bits per heavy atom. The summed E-state index contributed by atoms with van der Waals surface area (Å²) in [5, 5.41) is 12.7. The van der Waals surface area contributed by atoms with Gasteiger partial charge >= 0.3 is 5.97 Å². The standard InChI is InChI=1S/C17H34N2O2/c1-4-17(16(20)21,18-5-2)13-10-14-19(6-3)15-11-8-7-9-12-15/h15,18H,4-14H2,1-3H3,(H,20,21). The Balaban J connectivity index is 2.49. The molecule has 2 N–H and O–H groups in total. The Morgan fingerprint density at radius 2 is 1.90 bits per heavy atom. The summed E-state index contributed by atoms with van der Waals surface area (Å²) in [6.07, 6.45) is 9.04. The topological polar surface area (TPSA) is 52.6 Å². The molecule has 0 heterocycles. The minimum absolute atomic E-state index is 0.645. The lowest BCUT2D eigenvalue weighted by atomic mass is 9.89. The minimum atomic E-state index is -0.735. The van der Waals surface area contributed by atoms with Crippen LogP contribution >= 0.6 is 0 Å². The van der Waals surface area contributed by atoms with Crippen LogP contribution in [-0.4, -0.2) is 47.2 Å². The van der Waals surface area contributed by atoms with Gasteiger partial charge < -0.3 is 15.3 Å². The molecule has 0 aromatic carbocycles. The molecule has 21 heavy (non-hydrogen) atoms. The number of nitrogens with zero attached hydrogens (tertiary/aromatic N) is 1. The number of carbonyl (C=O) groups is 1. The van der Waals surface area contributed by atoms with Gasteiger partial charge in [0.05, 0.1) is 0 Å². The lowest BCUT2D eigenvalue weighted by Crippen LogP contribution is -2.52. The Morgan fingerprint density at radius 3 is 2.38 bits per heavy atom. The van der Waals surface area contributed by atoms with Gasteiger partial charge in [0.25, 0.3) is 0 Å². The number of carboxylic acid groups (broad SMARTS) is 1. The number of rotatable bonds is 10. The summed E-state index contributed by atoms with van der Waals surface area (Å²) in [6.45, 7) is 8.99. The third kappa shape index (κ3) is 5.26. The van der Waals surface area contributed by atoms with Crippen molar-refractivity contribution in [3.63, 3.8) is 0 Å². The van der Waals surface area contributed by atoms with Crippen molar-refractivity contribution < 1.29 is 9.90 Å².